The Morgan fingerprint density at radius 1 is 1.63 bits per heavy atom. The second-order valence-corrected chi connectivity index (χ2v) is 7.92. The zero-order valence-corrected chi connectivity index (χ0v) is 15.3. The predicted octanol–water partition coefficient (Wildman–Crippen LogP) is 0.557. The first kappa shape index (κ1) is 20.9. The second kappa shape index (κ2) is 8.07. The molecule has 27 heavy (non-hydrogen) atoms. The number of aryl methyl sites for hydroxylation is 1. The quantitative estimate of drug-likeness (QED) is 0.265. The molecular weight excluding hydrogens is 385 g/mol. The Morgan fingerprint density at radius 3 is 2.89 bits per heavy atom. The van der Waals surface area contributed by atoms with Crippen LogP contribution in [0.25, 0.3) is 10.4 Å². The molecule has 0 aliphatic carbocycles. The fraction of sp³-hybridized carbons (Fsp3) is 0.615. The Kier molecular flexibility index (Phi) is 6.24. The fourth-order valence-corrected chi connectivity index (χ4v) is 3.82. The molecule has 0 amide bonds. The predicted molar refractivity (Wildman–Crippen MR) is 90.4 cm³/mol. The van der Waals surface area contributed by atoms with Crippen LogP contribution in [0.15, 0.2) is 20.9 Å². The largest absolute Gasteiger partial charge is 0.459 e. The molecule has 1 aliphatic rings. The molecule has 13 nitrogen and oxygen atoms in total. The lowest BCUT2D eigenvalue weighted by atomic mass is 10.1. The monoisotopic (exact) mass is 403 g/mol. The van der Waals surface area contributed by atoms with Crippen LogP contribution in [0.1, 0.15) is 25.1 Å². The molecule has 1 aliphatic heterocycles. The number of H-pyrrole nitrogens is 1. The van der Waals surface area contributed by atoms with Crippen molar-refractivity contribution in [3.8, 4) is 0 Å². The summed E-state index contributed by atoms with van der Waals surface area (Å²) >= 11 is 0. The van der Waals surface area contributed by atoms with Gasteiger partial charge in [0.2, 0.25) is 0 Å². The van der Waals surface area contributed by atoms with Crippen molar-refractivity contribution in [2.24, 2.45) is 5.11 Å². The van der Waals surface area contributed by atoms with Gasteiger partial charge in [-0.15, -0.1) is 0 Å². The van der Waals surface area contributed by atoms with Crippen LogP contribution in [-0.4, -0.2) is 49.9 Å². The number of nitrogens with one attached hydrogen (secondary N) is 1. The third-order valence-corrected chi connectivity index (χ3v) is 5.64. The number of aliphatic hydroxyl groups is 1. The van der Waals surface area contributed by atoms with Gasteiger partial charge in [-0.3, -0.25) is 18.9 Å². The van der Waals surface area contributed by atoms with Gasteiger partial charge in [0.05, 0.1) is 12.6 Å². The number of ether oxygens (including phenoxy) is 2. The average Bonchev–Trinajstić information content (AvgIpc) is 3.01. The van der Waals surface area contributed by atoms with Crippen molar-refractivity contribution in [2.45, 2.75) is 44.5 Å². The van der Waals surface area contributed by atoms with E-state index in [1.807, 2.05) is 0 Å². The maximum Gasteiger partial charge on any atom is 0.394 e. The molecule has 1 saturated heterocycles. The van der Waals surface area contributed by atoms with Crippen LogP contribution in [0.5, 0.6) is 0 Å². The van der Waals surface area contributed by atoms with Crippen molar-refractivity contribution >= 4 is 13.1 Å². The van der Waals surface area contributed by atoms with Gasteiger partial charge in [-0.25, -0.2) is 9.59 Å². The number of carbonyl (C=O) groups is 1. The van der Waals surface area contributed by atoms with E-state index >= 15 is 0 Å². The third kappa shape index (κ3) is 4.12. The van der Waals surface area contributed by atoms with Gasteiger partial charge in [0.1, 0.15) is 12.3 Å². The number of rotatable bonds is 6. The van der Waals surface area contributed by atoms with E-state index in [0.29, 0.717) is 0 Å². The highest BCUT2D eigenvalue weighted by atomic mass is 31.2. The Labute approximate surface area is 151 Å². The molecular formula is C13H18N5O8P. The average molecular weight is 403 g/mol. The molecule has 3 N–H and O–H groups in total. The zero-order valence-electron chi connectivity index (χ0n) is 14.4. The Bertz CT molecular complexity index is 935. The van der Waals surface area contributed by atoms with Crippen molar-refractivity contribution in [1.82, 2.24) is 9.55 Å². The summed E-state index contributed by atoms with van der Waals surface area (Å²) in [6, 6.07) is -1.15. The molecule has 0 bridgehead atoms. The van der Waals surface area contributed by atoms with Crippen LogP contribution >= 0.6 is 7.37 Å². The number of hydrogen-bond acceptors (Lipinski definition) is 8. The topological polar surface area (TPSA) is 197 Å². The maximum absolute atomic E-state index is 12.2. The van der Waals surface area contributed by atoms with E-state index in [9.17, 15) is 28.9 Å². The SMILES string of the molecule is CCOC(=O)P(=O)(O)C(O)[C@H]1O[C@@H](n2cc(C)c(=O)[nH]c2=O)C[C@@H]1N=[N+]=[N-]. The van der Waals surface area contributed by atoms with Crippen molar-refractivity contribution in [1.29, 1.82) is 0 Å². The van der Waals surface area contributed by atoms with Gasteiger partial charge < -0.3 is 19.5 Å². The number of hydrogen-bond donors (Lipinski definition) is 3. The minimum absolute atomic E-state index is 0.139. The van der Waals surface area contributed by atoms with E-state index in [1.54, 1.807) is 0 Å². The van der Waals surface area contributed by atoms with Crippen molar-refractivity contribution in [3.63, 3.8) is 0 Å². The normalized spacial score (nSPS) is 25.3. The molecule has 148 valence electrons. The zero-order chi connectivity index (χ0) is 20.4. The van der Waals surface area contributed by atoms with Crippen molar-refractivity contribution in [3.05, 3.63) is 43.0 Å². The van der Waals surface area contributed by atoms with Crippen molar-refractivity contribution in [2.75, 3.05) is 6.61 Å². The van der Waals surface area contributed by atoms with Gasteiger partial charge in [0.15, 0.2) is 5.85 Å². The van der Waals surface area contributed by atoms with Crippen LogP contribution < -0.4 is 11.2 Å². The molecule has 5 atom stereocenters. The van der Waals surface area contributed by atoms with Crippen LogP contribution in [0.3, 0.4) is 0 Å². The van der Waals surface area contributed by atoms with E-state index in [0.717, 1.165) is 4.57 Å². The molecule has 0 spiro atoms. The number of aromatic nitrogens is 2. The number of aliphatic hydroxyl groups excluding tert-OH is 1. The Balaban J connectivity index is 2.37. The van der Waals surface area contributed by atoms with E-state index in [4.69, 9.17) is 10.3 Å². The summed E-state index contributed by atoms with van der Waals surface area (Å²) in [4.78, 5) is 49.7. The number of azide groups is 1. The number of nitrogens with zero attached hydrogens (tertiary/aromatic N) is 4. The highest BCUT2D eigenvalue weighted by Gasteiger charge is 2.51. The molecule has 1 aromatic heterocycles. The summed E-state index contributed by atoms with van der Waals surface area (Å²) in [6.45, 7) is 2.68. The van der Waals surface area contributed by atoms with E-state index in [2.05, 4.69) is 19.7 Å². The molecule has 1 aromatic rings. The lowest BCUT2D eigenvalue weighted by Crippen LogP contribution is -2.36. The first-order valence-electron chi connectivity index (χ1n) is 7.83. The highest BCUT2D eigenvalue weighted by molar-refractivity contribution is 7.75. The van der Waals surface area contributed by atoms with Crippen molar-refractivity contribution < 1.29 is 28.8 Å². The summed E-state index contributed by atoms with van der Waals surface area (Å²) in [5, 5.41) is 13.7. The Hall–Kier alpha value is -2.43. The summed E-state index contributed by atoms with van der Waals surface area (Å²) in [5.41, 5.74) is 5.97. The molecule has 2 heterocycles. The molecule has 0 radical (unpaired) electrons. The highest BCUT2D eigenvalue weighted by Crippen LogP contribution is 2.51. The van der Waals surface area contributed by atoms with E-state index in [-0.39, 0.29) is 18.6 Å². The molecule has 2 rings (SSSR count). The standard InChI is InChI=1S/C13H18N5O8P/c1-3-25-13(22)27(23,24)11(20)9-7(16-17-14)4-8(26-9)18-5-6(2)10(19)15-12(18)21/h5,7-9,11,20H,3-4H2,1-2H3,(H,23,24)(H,15,19,21)/t7-,8+,9-,11?/m0/s1. The molecule has 1 fully saturated rings. The first-order valence-corrected chi connectivity index (χ1v) is 9.56. The lowest BCUT2D eigenvalue weighted by Gasteiger charge is -2.24. The summed E-state index contributed by atoms with van der Waals surface area (Å²) < 4.78 is 23.2. The van der Waals surface area contributed by atoms with Crippen LogP contribution in [0, 0.1) is 6.92 Å². The second-order valence-electron chi connectivity index (χ2n) is 5.78. The van der Waals surface area contributed by atoms with E-state index in [1.165, 1.54) is 20.0 Å². The summed E-state index contributed by atoms with van der Waals surface area (Å²) in [5.74, 6) is -2.24. The van der Waals surface area contributed by atoms with Gasteiger partial charge in [-0.05, 0) is 19.4 Å². The Morgan fingerprint density at radius 2 is 2.30 bits per heavy atom. The van der Waals surface area contributed by atoms with Gasteiger partial charge >= 0.3 is 18.8 Å². The lowest BCUT2D eigenvalue weighted by molar-refractivity contribution is -0.0422. The van der Waals surface area contributed by atoms with Gasteiger partial charge in [-0.2, -0.15) is 0 Å². The van der Waals surface area contributed by atoms with Crippen LogP contribution in [-0.2, 0) is 14.0 Å². The molecule has 2 unspecified atom stereocenters. The minimum Gasteiger partial charge on any atom is -0.459 e. The van der Waals surface area contributed by atoms with Crippen LogP contribution in [0.2, 0.25) is 0 Å². The van der Waals surface area contributed by atoms with E-state index < -0.39 is 48.5 Å². The maximum atomic E-state index is 12.2. The van der Waals surface area contributed by atoms with Gasteiger partial charge in [0, 0.05) is 23.1 Å². The summed E-state index contributed by atoms with van der Waals surface area (Å²) in [6.07, 6.45) is -1.59. The summed E-state index contributed by atoms with van der Waals surface area (Å²) in [7, 11) is -4.91. The third-order valence-electron chi connectivity index (χ3n) is 3.97. The number of carbonyl (C=O) groups excluding carboxylic acids is 1. The fourth-order valence-electron chi connectivity index (χ4n) is 2.62. The number of aromatic amines is 1. The molecule has 0 aromatic carbocycles. The van der Waals surface area contributed by atoms with Crippen LogP contribution in [0.4, 0.5) is 4.79 Å². The molecule has 14 heteroatoms. The minimum atomic E-state index is -4.91. The first-order chi connectivity index (χ1) is 12.6. The molecule has 0 saturated carbocycles. The van der Waals surface area contributed by atoms with Gasteiger partial charge in [0.25, 0.3) is 5.56 Å². The smallest absolute Gasteiger partial charge is 0.394 e. The van der Waals surface area contributed by atoms with Gasteiger partial charge in [-0.1, -0.05) is 5.11 Å².